The van der Waals surface area contributed by atoms with Gasteiger partial charge < -0.3 is 10.6 Å². The van der Waals surface area contributed by atoms with Crippen LogP contribution in [-0.2, 0) is 15.8 Å². The third-order valence-corrected chi connectivity index (χ3v) is 2.82. The van der Waals surface area contributed by atoms with Crippen molar-refractivity contribution in [2.45, 2.75) is 26.4 Å². The molecular weight excluding hydrogens is 321 g/mol. The fourth-order valence-electron chi connectivity index (χ4n) is 1.58. The van der Waals surface area contributed by atoms with Crippen LogP contribution in [0.5, 0.6) is 0 Å². The lowest BCUT2D eigenvalue weighted by Crippen LogP contribution is -2.31. The van der Waals surface area contributed by atoms with Gasteiger partial charge in [-0.3, -0.25) is 9.59 Å². The van der Waals surface area contributed by atoms with Crippen LogP contribution in [0.15, 0.2) is 18.2 Å². The molecule has 0 atom stereocenters. The van der Waals surface area contributed by atoms with Gasteiger partial charge in [-0.1, -0.05) is 25.4 Å². The molecule has 0 radical (unpaired) electrons. The minimum Gasteiger partial charge on any atom is -0.355 e. The number of amides is 2. The highest BCUT2D eigenvalue weighted by Crippen LogP contribution is 2.36. The monoisotopic (exact) mass is 336 g/mol. The van der Waals surface area contributed by atoms with Crippen molar-refractivity contribution in [1.29, 1.82) is 0 Å². The van der Waals surface area contributed by atoms with E-state index in [1.165, 1.54) is 6.07 Å². The van der Waals surface area contributed by atoms with Crippen LogP contribution >= 0.6 is 11.6 Å². The van der Waals surface area contributed by atoms with E-state index < -0.39 is 35.7 Å². The maximum atomic E-state index is 12.9. The number of alkyl halides is 3. The predicted octanol–water partition coefficient (Wildman–Crippen LogP) is 3.46. The highest BCUT2D eigenvalue weighted by Gasteiger charge is 2.34. The summed E-state index contributed by atoms with van der Waals surface area (Å²) in [5, 5.41) is 4.50. The smallest absolute Gasteiger partial charge is 0.355 e. The molecule has 0 aliphatic rings. The standard InChI is InChI=1S/C14H16ClF3N2O2/c1-8(2)7-19-12(21)6-13(22)20-11-4-3-9(15)5-10(11)14(16,17)18/h3-5,8H,6-7H2,1-2H3,(H,19,21)(H,20,22). The van der Waals surface area contributed by atoms with Gasteiger partial charge in [0.1, 0.15) is 6.42 Å². The second kappa shape index (κ2) is 7.49. The Morgan fingerprint density at radius 1 is 1.23 bits per heavy atom. The second-order valence-electron chi connectivity index (χ2n) is 5.11. The Labute approximate surface area is 131 Å². The van der Waals surface area contributed by atoms with Crippen molar-refractivity contribution < 1.29 is 22.8 Å². The lowest BCUT2D eigenvalue weighted by atomic mass is 10.1. The van der Waals surface area contributed by atoms with E-state index in [9.17, 15) is 22.8 Å². The molecule has 1 rings (SSSR count). The second-order valence-corrected chi connectivity index (χ2v) is 5.55. The van der Waals surface area contributed by atoms with Crippen LogP contribution in [0.3, 0.4) is 0 Å². The quantitative estimate of drug-likeness (QED) is 0.809. The number of hydrogen-bond donors (Lipinski definition) is 2. The van der Waals surface area contributed by atoms with Gasteiger partial charge >= 0.3 is 6.18 Å². The zero-order chi connectivity index (χ0) is 16.9. The molecule has 0 unspecified atom stereocenters. The molecule has 0 saturated carbocycles. The Kier molecular flexibility index (Phi) is 6.22. The number of anilines is 1. The Balaban J connectivity index is 2.75. The fourth-order valence-corrected chi connectivity index (χ4v) is 1.75. The van der Waals surface area contributed by atoms with Gasteiger partial charge in [0.05, 0.1) is 11.3 Å². The SMILES string of the molecule is CC(C)CNC(=O)CC(=O)Nc1ccc(Cl)cc1C(F)(F)F. The largest absolute Gasteiger partial charge is 0.418 e. The van der Waals surface area contributed by atoms with E-state index in [0.29, 0.717) is 6.54 Å². The molecule has 2 amide bonds. The van der Waals surface area contributed by atoms with E-state index in [-0.39, 0.29) is 10.9 Å². The van der Waals surface area contributed by atoms with Crippen molar-refractivity contribution >= 4 is 29.1 Å². The predicted molar refractivity (Wildman–Crippen MR) is 77.5 cm³/mol. The van der Waals surface area contributed by atoms with Crippen molar-refractivity contribution in [2.24, 2.45) is 5.92 Å². The number of carbonyl (C=O) groups excluding carboxylic acids is 2. The van der Waals surface area contributed by atoms with Crippen molar-refractivity contribution in [3.8, 4) is 0 Å². The lowest BCUT2D eigenvalue weighted by Gasteiger charge is -2.14. The summed E-state index contributed by atoms with van der Waals surface area (Å²) in [7, 11) is 0. The highest BCUT2D eigenvalue weighted by atomic mass is 35.5. The van der Waals surface area contributed by atoms with Crippen LogP contribution < -0.4 is 10.6 Å². The molecule has 122 valence electrons. The summed E-state index contributed by atoms with van der Waals surface area (Å²) in [6.45, 7) is 4.15. The third-order valence-electron chi connectivity index (χ3n) is 2.59. The maximum Gasteiger partial charge on any atom is 0.418 e. The molecule has 0 aromatic heterocycles. The van der Waals surface area contributed by atoms with Crippen molar-refractivity contribution in [3.63, 3.8) is 0 Å². The highest BCUT2D eigenvalue weighted by molar-refractivity contribution is 6.30. The van der Waals surface area contributed by atoms with Gasteiger partial charge in [0.25, 0.3) is 0 Å². The number of rotatable bonds is 5. The first-order valence-corrected chi connectivity index (χ1v) is 6.90. The molecule has 0 heterocycles. The Morgan fingerprint density at radius 2 is 1.86 bits per heavy atom. The summed E-state index contributed by atoms with van der Waals surface area (Å²) >= 11 is 5.54. The number of hydrogen-bond acceptors (Lipinski definition) is 2. The van der Waals surface area contributed by atoms with E-state index >= 15 is 0 Å². The van der Waals surface area contributed by atoms with Crippen LogP contribution in [0, 0.1) is 5.92 Å². The number of benzene rings is 1. The van der Waals surface area contributed by atoms with Gasteiger partial charge in [0.15, 0.2) is 0 Å². The van der Waals surface area contributed by atoms with Crippen molar-refractivity contribution in [1.82, 2.24) is 5.32 Å². The number of nitrogens with one attached hydrogen (secondary N) is 2. The number of carbonyl (C=O) groups is 2. The summed E-state index contributed by atoms with van der Waals surface area (Å²) < 4.78 is 38.6. The normalized spacial score (nSPS) is 11.4. The minimum absolute atomic E-state index is 0.0972. The zero-order valence-electron chi connectivity index (χ0n) is 12.1. The van der Waals surface area contributed by atoms with E-state index in [1.807, 2.05) is 13.8 Å². The molecular formula is C14H16ClF3N2O2. The third kappa shape index (κ3) is 5.93. The van der Waals surface area contributed by atoms with Gasteiger partial charge in [0, 0.05) is 11.6 Å². The molecule has 0 spiro atoms. The lowest BCUT2D eigenvalue weighted by molar-refractivity contribution is -0.137. The van der Waals surface area contributed by atoms with Gasteiger partial charge in [-0.15, -0.1) is 0 Å². The molecule has 1 aromatic rings. The molecule has 0 bridgehead atoms. The molecule has 0 fully saturated rings. The summed E-state index contributed by atoms with van der Waals surface area (Å²) in [6, 6.07) is 3.00. The average Bonchev–Trinajstić information content (AvgIpc) is 2.37. The molecule has 8 heteroatoms. The molecule has 0 saturated heterocycles. The summed E-state index contributed by atoms with van der Waals surface area (Å²) in [4.78, 5) is 23.1. The van der Waals surface area contributed by atoms with E-state index in [4.69, 9.17) is 11.6 Å². The fraction of sp³-hybridized carbons (Fsp3) is 0.429. The Hall–Kier alpha value is -1.76. The molecule has 0 aliphatic carbocycles. The van der Waals surface area contributed by atoms with E-state index in [1.54, 1.807) is 0 Å². The molecule has 1 aromatic carbocycles. The summed E-state index contributed by atoms with van der Waals surface area (Å²) in [6.07, 6.45) is -5.21. The topological polar surface area (TPSA) is 58.2 Å². The van der Waals surface area contributed by atoms with Gasteiger partial charge in [-0.05, 0) is 24.1 Å². The van der Waals surface area contributed by atoms with Crippen LogP contribution in [0.1, 0.15) is 25.8 Å². The first-order chi connectivity index (χ1) is 10.1. The first kappa shape index (κ1) is 18.3. The average molecular weight is 337 g/mol. The van der Waals surface area contributed by atoms with Crippen LogP contribution in [0.4, 0.5) is 18.9 Å². The van der Waals surface area contributed by atoms with Crippen LogP contribution in [0.2, 0.25) is 5.02 Å². The zero-order valence-corrected chi connectivity index (χ0v) is 12.8. The van der Waals surface area contributed by atoms with Crippen molar-refractivity contribution in [2.75, 3.05) is 11.9 Å². The molecule has 22 heavy (non-hydrogen) atoms. The van der Waals surface area contributed by atoms with Crippen LogP contribution in [-0.4, -0.2) is 18.4 Å². The Bertz CT molecular complexity index is 560. The maximum absolute atomic E-state index is 12.9. The van der Waals surface area contributed by atoms with Gasteiger partial charge in [0.2, 0.25) is 11.8 Å². The van der Waals surface area contributed by atoms with Gasteiger partial charge in [-0.25, -0.2) is 0 Å². The molecule has 4 nitrogen and oxygen atoms in total. The van der Waals surface area contributed by atoms with Crippen molar-refractivity contribution in [3.05, 3.63) is 28.8 Å². The van der Waals surface area contributed by atoms with Crippen LogP contribution in [0.25, 0.3) is 0 Å². The summed E-state index contributed by atoms with van der Waals surface area (Å²) in [5.41, 5.74) is -1.49. The Morgan fingerprint density at radius 3 is 2.41 bits per heavy atom. The minimum atomic E-state index is -4.66. The molecule has 2 N–H and O–H groups in total. The van der Waals surface area contributed by atoms with Gasteiger partial charge in [-0.2, -0.15) is 13.2 Å². The van der Waals surface area contributed by atoms with E-state index in [2.05, 4.69) is 10.6 Å². The summed E-state index contributed by atoms with van der Waals surface area (Å²) in [5.74, 6) is -1.16. The number of halogens is 4. The molecule has 0 aliphatic heterocycles. The van der Waals surface area contributed by atoms with E-state index in [0.717, 1.165) is 12.1 Å². The first-order valence-electron chi connectivity index (χ1n) is 6.53.